The Morgan fingerprint density at radius 3 is 2.72 bits per heavy atom. The molecule has 5 nitrogen and oxygen atoms in total. The van der Waals surface area contributed by atoms with E-state index in [9.17, 15) is 4.79 Å². The lowest BCUT2D eigenvalue weighted by atomic mass is 10.2. The summed E-state index contributed by atoms with van der Waals surface area (Å²) in [6.45, 7) is 0. The number of primary amides is 1. The Kier molecular flexibility index (Phi) is 3.69. The molecule has 7 heteroatoms. The number of rotatable bonds is 3. The average Bonchev–Trinajstić information content (AvgIpc) is 2.33. The lowest BCUT2D eigenvalue weighted by Crippen LogP contribution is -2.13. The molecule has 0 saturated carbocycles. The molecule has 1 amide bonds. The number of nitrogens with zero attached hydrogens (tertiary/aromatic N) is 2. The first kappa shape index (κ1) is 12.7. The fraction of sp³-hybridized carbons (Fsp3) is 0. The van der Waals surface area contributed by atoms with Crippen LogP contribution in [0.25, 0.3) is 0 Å². The van der Waals surface area contributed by atoms with Crippen LogP contribution in [-0.4, -0.2) is 15.9 Å². The van der Waals surface area contributed by atoms with Gasteiger partial charge in [0.1, 0.15) is 5.03 Å². The fourth-order valence-electron chi connectivity index (χ4n) is 1.34. The molecule has 0 atom stereocenters. The minimum absolute atomic E-state index is 0.274. The zero-order chi connectivity index (χ0) is 13.1. The van der Waals surface area contributed by atoms with E-state index in [4.69, 9.17) is 23.1 Å². The number of nitrogen functional groups attached to an aromatic ring is 1. The zero-order valence-corrected chi connectivity index (χ0v) is 10.7. The fourth-order valence-corrected chi connectivity index (χ4v) is 2.55. The molecule has 0 unspecified atom stereocenters. The Balaban J connectivity index is 2.47. The van der Waals surface area contributed by atoms with Crippen LogP contribution in [0.15, 0.2) is 40.6 Å². The summed E-state index contributed by atoms with van der Waals surface area (Å²) in [6.07, 6.45) is 4.68. The average molecular weight is 281 g/mol. The third-order valence-corrected chi connectivity index (χ3v) is 3.55. The van der Waals surface area contributed by atoms with Gasteiger partial charge in [-0.15, -0.1) is 0 Å². The minimum Gasteiger partial charge on any atom is -0.399 e. The van der Waals surface area contributed by atoms with Crippen LogP contribution in [0.2, 0.25) is 5.02 Å². The molecule has 1 aromatic heterocycles. The van der Waals surface area contributed by atoms with E-state index in [-0.39, 0.29) is 5.56 Å². The number of amides is 1. The lowest BCUT2D eigenvalue weighted by Gasteiger charge is -2.09. The van der Waals surface area contributed by atoms with Gasteiger partial charge in [0.05, 0.1) is 16.8 Å². The van der Waals surface area contributed by atoms with Crippen LogP contribution in [0.1, 0.15) is 10.4 Å². The number of anilines is 1. The maximum Gasteiger partial charge on any atom is 0.249 e. The van der Waals surface area contributed by atoms with E-state index in [1.165, 1.54) is 17.8 Å². The van der Waals surface area contributed by atoms with Crippen molar-refractivity contribution in [1.82, 2.24) is 9.97 Å². The molecule has 0 fully saturated rings. The van der Waals surface area contributed by atoms with Gasteiger partial charge >= 0.3 is 0 Å². The van der Waals surface area contributed by atoms with E-state index in [1.807, 2.05) is 0 Å². The molecule has 18 heavy (non-hydrogen) atoms. The molecule has 0 radical (unpaired) electrons. The molecule has 2 aromatic rings. The molecule has 0 spiro atoms. The Morgan fingerprint density at radius 1 is 1.33 bits per heavy atom. The van der Waals surface area contributed by atoms with Gasteiger partial charge in [0.25, 0.3) is 0 Å². The summed E-state index contributed by atoms with van der Waals surface area (Å²) in [5.74, 6) is -0.587. The molecule has 0 aliphatic heterocycles. The Hall–Kier alpha value is -1.79. The third kappa shape index (κ3) is 2.72. The number of benzene rings is 1. The van der Waals surface area contributed by atoms with Crippen LogP contribution in [0.4, 0.5) is 5.69 Å². The van der Waals surface area contributed by atoms with Crippen molar-refractivity contribution >= 4 is 35.0 Å². The third-order valence-electron chi connectivity index (χ3n) is 2.08. The quantitative estimate of drug-likeness (QED) is 0.838. The molecule has 0 bridgehead atoms. The van der Waals surface area contributed by atoms with Gasteiger partial charge in [-0.1, -0.05) is 23.4 Å². The van der Waals surface area contributed by atoms with Crippen molar-refractivity contribution in [1.29, 1.82) is 0 Å². The van der Waals surface area contributed by atoms with E-state index < -0.39 is 5.91 Å². The molecule has 0 saturated heterocycles. The summed E-state index contributed by atoms with van der Waals surface area (Å²) in [5, 5.41) is 0.978. The number of nitrogens with two attached hydrogens (primary N) is 2. The van der Waals surface area contributed by atoms with Crippen LogP contribution in [0, 0.1) is 0 Å². The summed E-state index contributed by atoms with van der Waals surface area (Å²) in [5.41, 5.74) is 11.6. The largest absolute Gasteiger partial charge is 0.399 e. The number of aromatic nitrogens is 2. The summed E-state index contributed by atoms with van der Waals surface area (Å²) in [4.78, 5) is 19.9. The van der Waals surface area contributed by atoms with Crippen molar-refractivity contribution in [3.8, 4) is 0 Å². The van der Waals surface area contributed by atoms with Gasteiger partial charge in [0.2, 0.25) is 5.91 Å². The van der Waals surface area contributed by atoms with Gasteiger partial charge in [-0.25, -0.2) is 4.98 Å². The maximum atomic E-state index is 11.4. The van der Waals surface area contributed by atoms with E-state index in [1.54, 1.807) is 24.7 Å². The smallest absolute Gasteiger partial charge is 0.249 e. The number of carbonyl (C=O) groups excluding carboxylic acids is 1. The summed E-state index contributed by atoms with van der Waals surface area (Å²) < 4.78 is 0. The lowest BCUT2D eigenvalue weighted by molar-refractivity contribution is 0.0997. The van der Waals surface area contributed by atoms with Gasteiger partial charge in [-0.2, -0.15) is 0 Å². The first-order valence-corrected chi connectivity index (χ1v) is 6.10. The monoisotopic (exact) mass is 280 g/mol. The second kappa shape index (κ2) is 5.24. The van der Waals surface area contributed by atoms with Gasteiger partial charge in [0, 0.05) is 23.0 Å². The molecule has 1 heterocycles. The zero-order valence-electron chi connectivity index (χ0n) is 9.13. The van der Waals surface area contributed by atoms with Gasteiger partial charge < -0.3 is 11.5 Å². The molecular formula is C11H9ClN4OS. The molecule has 0 aliphatic rings. The van der Waals surface area contributed by atoms with Crippen LogP contribution >= 0.6 is 23.4 Å². The molecule has 92 valence electrons. The summed E-state index contributed by atoms with van der Waals surface area (Å²) >= 11 is 7.29. The van der Waals surface area contributed by atoms with Gasteiger partial charge in [0.15, 0.2) is 0 Å². The summed E-state index contributed by atoms with van der Waals surface area (Å²) in [7, 11) is 0. The van der Waals surface area contributed by atoms with Crippen molar-refractivity contribution in [2.75, 3.05) is 5.73 Å². The minimum atomic E-state index is -0.587. The number of hydrogen-bond acceptors (Lipinski definition) is 5. The Labute approximate surface area is 113 Å². The normalized spacial score (nSPS) is 10.3. The Bertz CT molecular complexity index is 591. The topological polar surface area (TPSA) is 94.9 Å². The van der Waals surface area contributed by atoms with Crippen molar-refractivity contribution in [3.63, 3.8) is 0 Å². The molecular weight excluding hydrogens is 272 g/mol. The van der Waals surface area contributed by atoms with E-state index >= 15 is 0 Å². The van der Waals surface area contributed by atoms with Gasteiger partial charge in [-0.3, -0.25) is 9.78 Å². The Morgan fingerprint density at radius 2 is 2.11 bits per heavy atom. The molecule has 4 N–H and O–H groups in total. The highest BCUT2D eigenvalue weighted by atomic mass is 35.5. The van der Waals surface area contributed by atoms with E-state index in [0.29, 0.717) is 20.6 Å². The molecule has 1 aromatic carbocycles. The van der Waals surface area contributed by atoms with Crippen molar-refractivity contribution in [2.45, 2.75) is 9.92 Å². The number of hydrogen-bond donors (Lipinski definition) is 2. The molecule has 0 aliphatic carbocycles. The standard InChI is InChI=1S/C11H9ClN4OS/c12-8-4-6(13)3-7(11(14)17)10(8)18-9-5-15-1-2-16-9/h1-5H,13H2,(H2,14,17). The second-order valence-electron chi connectivity index (χ2n) is 3.39. The molecule has 2 rings (SSSR count). The van der Waals surface area contributed by atoms with E-state index in [0.717, 1.165) is 0 Å². The highest BCUT2D eigenvalue weighted by Crippen LogP contribution is 2.36. The van der Waals surface area contributed by atoms with Crippen LogP contribution < -0.4 is 11.5 Å². The first-order chi connectivity index (χ1) is 8.58. The second-order valence-corrected chi connectivity index (χ2v) is 4.83. The SMILES string of the molecule is NC(=O)c1cc(N)cc(Cl)c1Sc1cnccn1. The number of halogens is 1. The maximum absolute atomic E-state index is 11.4. The predicted octanol–water partition coefficient (Wildman–Crippen LogP) is 1.96. The highest BCUT2D eigenvalue weighted by molar-refractivity contribution is 7.99. The summed E-state index contributed by atoms with van der Waals surface area (Å²) in [6, 6.07) is 3.06. The van der Waals surface area contributed by atoms with Gasteiger partial charge in [-0.05, 0) is 12.1 Å². The van der Waals surface area contributed by atoms with Crippen LogP contribution in [0.3, 0.4) is 0 Å². The van der Waals surface area contributed by atoms with Crippen molar-refractivity contribution in [3.05, 3.63) is 41.3 Å². The highest BCUT2D eigenvalue weighted by Gasteiger charge is 2.15. The predicted molar refractivity (Wildman–Crippen MR) is 70.5 cm³/mol. The van der Waals surface area contributed by atoms with E-state index in [2.05, 4.69) is 9.97 Å². The van der Waals surface area contributed by atoms with Crippen molar-refractivity contribution < 1.29 is 4.79 Å². The van der Waals surface area contributed by atoms with Crippen molar-refractivity contribution in [2.24, 2.45) is 5.73 Å². The van der Waals surface area contributed by atoms with Crippen LogP contribution in [0.5, 0.6) is 0 Å². The van der Waals surface area contributed by atoms with Crippen LogP contribution in [-0.2, 0) is 0 Å². The number of carbonyl (C=O) groups is 1. The first-order valence-electron chi connectivity index (χ1n) is 4.90.